The third kappa shape index (κ3) is 2.83. The SMILES string of the molecule is N#Cc1ccccc1CS(=O)(=O)c1cc(F)ccc1F. The van der Waals surface area contributed by atoms with Gasteiger partial charge in [-0.05, 0) is 29.8 Å². The lowest BCUT2D eigenvalue weighted by Crippen LogP contribution is -2.09. The molecule has 0 aliphatic heterocycles. The second-order valence-corrected chi connectivity index (χ2v) is 6.06. The van der Waals surface area contributed by atoms with E-state index < -0.39 is 32.1 Å². The fourth-order valence-electron chi connectivity index (χ4n) is 1.75. The average molecular weight is 293 g/mol. The van der Waals surface area contributed by atoms with Gasteiger partial charge in [0.15, 0.2) is 9.84 Å². The largest absolute Gasteiger partial charge is 0.223 e. The van der Waals surface area contributed by atoms with Crippen molar-refractivity contribution in [1.82, 2.24) is 0 Å². The van der Waals surface area contributed by atoms with Crippen molar-refractivity contribution in [2.75, 3.05) is 0 Å². The molecule has 0 amide bonds. The van der Waals surface area contributed by atoms with Crippen LogP contribution in [0.15, 0.2) is 47.4 Å². The molecule has 0 atom stereocenters. The van der Waals surface area contributed by atoms with E-state index in [-0.39, 0.29) is 11.1 Å². The van der Waals surface area contributed by atoms with E-state index in [1.165, 1.54) is 12.1 Å². The van der Waals surface area contributed by atoms with Gasteiger partial charge in [0.1, 0.15) is 16.5 Å². The number of nitriles is 1. The summed E-state index contributed by atoms with van der Waals surface area (Å²) < 4.78 is 50.9. The van der Waals surface area contributed by atoms with E-state index in [2.05, 4.69) is 0 Å². The molecule has 0 fully saturated rings. The number of halogens is 2. The van der Waals surface area contributed by atoms with Gasteiger partial charge >= 0.3 is 0 Å². The second kappa shape index (κ2) is 5.39. The first-order valence-electron chi connectivity index (χ1n) is 5.60. The summed E-state index contributed by atoms with van der Waals surface area (Å²) in [5.41, 5.74) is 0.437. The highest BCUT2D eigenvalue weighted by Gasteiger charge is 2.21. The Morgan fingerprint density at radius 1 is 1.10 bits per heavy atom. The average Bonchev–Trinajstić information content (AvgIpc) is 2.41. The zero-order valence-electron chi connectivity index (χ0n) is 10.2. The molecular formula is C14H9F2NO2S. The zero-order valence-corrected chi connectivity index (χ0v) is 11.0. The molecule has 2 aromatic rings. The molecule has 0 bridgehead atoms. The van der Waals surface area contributed by atoms with Crippen molar-refractivity contribution in [3.05, 3.63) is 65.2 Å². The monoisotopic (exact) mass is 293 g/mol. The van der Waals surface area contributed by atoms with Crippen LogP contribution in [0.5, 0.6) is 0 Å². The van der Waals surface area contributed by atoms with Crippen LogP contribution in [-0.4, -0.2) is 8.42 Å². The van der Waals surface area contributed by atoms with E-state index in [4.69, 9.17) is 5.26 Å². The fraction of sp³-hybridized carbons (Fsp3) is 0.0714. The van der Waals surface area contributed by atoms with Gasteiger partial charge in [0, 0.05) is 0 Å². The smallest absolute Gasteiger partial charge is 0.185 e. The molecule has 6 heteroatoms. The minimum Gasteiger partial charge on any atom is -0.223 e. The zero-order chi connectivity index (χ0) is 14.8. The summed E-state index contributed by atoms with van der Waals surface area (Å²) in [4.78, 5) is -0.703. The van der Waals surface area contributed by atoms with Crippen molar-refractivity contribution in [3.8, 4) is 6.07 Å². The normalized spacial score (nSPS) is 11.1. The molecule has 0 aliphatic rings. The number of sulfone groups is 1. The van der Waals surface area contributed by atoms with Crippen LogP contribution in [0.4, 0.5) is 8.78 Å². The predicted molar refractivity (Wildman–Crippen MR) is 68.4 cm³/mol. The van der Waals surface area contributed by atoms with E-state index >= 15 is 0 Å². The first-order valence-corrected chi connectivity index (χ1v) is 7.25. The Bertz CT molecular complexity index is 795. The van der Waals surface area contributed by atoms with Crippen molar-refractivity contribution >= 4 is 9.84 Å². The van der Waals surface area contributed by atoms with Crippen LogP contribution in [0, 0.1) is 23.0 Å². The Morgan fingerprint density at radius 2 is 1.80 bits per heavy atom. The van der Waals surface area contributed by atoms with Crippen molar-refractivity contribution in [2.24, 2.45) is 0 Å². The fourth-order valence-corrected chi connectivity index (χ4v) is 3.23. The third-order valence-corrected chi connectivity index (χ3v) is 4.39. The first kappa shape index (κ1) is 14.2. The molecule has 0 aromatic heterocycles. The standard InChI is InChI=1S/C14H9F2NO2S/c15-12-5-6-13(16)14(7-12)20(18,19)9-11-4-2-1-3-10(11)8-17/h1-7H,9H2. The molecule has 102 valence electrons. The van der Waals surface area contributed by atoms with Crippen molar-refractivity contribution in [1.29, 1.82) is 5.26 Å². The van der Waals surface area contributed by atoms with Gasteiger partial charge in [0.25, 0.3) is 0 Å². The maximum absolute atomic E-state index is 13.5. The molecule has 0 aliphatic carbocycles. The van der Waals surface area contributed by atoms with Gasteiger partial charge in [-0.25, -0.2) is 17.2 Å². The van der Waals surface area contributed by atoms with Crippen LogP contribution in [0.25, 0.3) is 0 Å². The van der Waals surface area contributed by atoms with Crippen LogP contribution < -0.4 is 0 Å². The van der Waals surface area contributed by atoms with Gasteiger partial charge in [-0.2, -0.15) is 5.26 Å². The number of hydrogen-bond donors (Lipinski definition) is 0. The van der Waals surface area contributed by atoms with E-state index in [9.17, 15) is 17.2 Å². The molecule has 0 saturated carbocycles. The highest BCUT2D eigenvalue weighted by molar-refractivity contribution is 7.90. The summed E-state index contributed by atoms with van der Waals surface area (Å²) in [5.74, 6) is -2.41. The van der Waals surface area contributed by atoms with Crippen LogP contribution in [-0.2, 0) is 15.6 Å². The molecule has 2 aromatic carbocycles. The molecular weight excluding hydrogens is 284 g/mol. The highest BCUT2D eigenvalue weighted by atomic mass is 32.2. The van der Waals surface area contributed by atoms with Gasteiger partial charge in [0.2, 0.25) is 0 Å². The molecule has 0 unspecified atom stereocenters. The first-order chi connectivity index (χ1) is 9.44. The van der Waals surface area contributed by atoms with Gasteiger partial charge < -0.3 is 0 Å². The predicted octanol–water partition coefficient (Wildman–Crippen LogP) is 2.81. The lowest BCUT2D eigenvalue weighted by atomic mass is 10.1. The van der Waals surface area contributed by atoms with Gasteiger partial charge in [-0.15, -0.1) is 0 Å². The van der Waals surface area contributed by atoms with Crippen LogP contribution in [0.1, 0.15) is 11.1 Å². The molecule has 0 heterocycles. The minimum atomic E-state index is -4.07. The third-order valence-electron chi connectivity index (χ3n) is 2.71. The topological polar surface area (TPSA) is 57.9 Å². The van der Waals surface area contributed by atoms with Crippen LogP contribution in [0.2, 0.25) is 0 Å². The van der Waals surface area contributed by atoms with Crippen molar-refractivity contribution in [2.45, 2.75) is 10.6 Å². The molecule has 0 spiro atoms. The lowest BCUT2D eigenvalue weighted by molar-refractivity contribution is 0.553. The molecule has 2 rings (SSSR count). The number of hydrogen-bond acceptors (Lipinski definition) is 3. The summed E-state index contributed by atoms with van der Waals surface area (Å²) in [7, 11) is -4.07. The van der Waals surface area contributed by atoms with Gasteiger partial charge in [0.05, 0.1) is 17.4 Å². The summed E-state index contributed by atoms with van der Waals surface area (Å²) in [6, 6.07) is 10.2. The summed E-state index contributed by atoms with van der Waals surface area (Å²) >= 11 is 0. The Labute approximate surface area is 115 Å². The number of nitrogens with zero attached hydrogens (tertiary/aromatic N) is 1. The van der Waals surface area contributed by atoms with E-state index in [0.717, 1.165) is 12.1 Å². The van der Waals surface area contributed by atoms with Crippen LogP contribution in [0.3, 0.4) is 0 Å². The van der Waals surface area contributed by atoms with E-state index in [0.29, 0.717) is 6.07 Å². The van der Waals surface area contributed by atoms with Crippen LogP contribution >= 0.6 is 0 Å². The quantitative estimate of drug-likeness (QED) is 0.874. The Hall–Kier alpha value is -2.26. The Balaban J connectivity index is 2.47. The maximum Gasteiger partial charge on any atom is 0.185 e. The second-order valence-electron chi connectivity index (χ2n) is 4.10. The maximum atomic E-state index is 13.5. The molecule has 3 nitrogen and oxygen atoms in total. The van der Waals surface area contributed by atoms with Gasteiger partial charge in [-0.1, -0.05) is 18.2 Å². The lowest BCUT2D eigenvalue weighted by Gasteiger charge is -2.07. The highest BCUT2D eigenvalue weighted by Crippen LogP contribution is 2.22. The molecule has 20 heavy (non-hydrogen) atoms. The van der Waals surface area contributed by atoms with Crippen molar-refractivity contribution < 1.29 is 17.2 Å². The number of rotatable bonds is 3. The van der Waals surface area contributed by atoms with E-state index in [1.54, 1.807) is 12.1 Å². The Morgan fingerprint density at radius 3 is 2.50 bits per heavy atom. The number of benzene rings is 2. The van der Waals surface area contributed by atoms with E-state index in [1.807, 2.05) is 6.07 Å². The molecule has 0 radical (unpaired) electrons. The summed E-state index contributed by atoms with van der Waals surface area (Å²) in [5, 5.41) is 8.91. The minimum absolute atomic E-state index is 0.188. The summed E-state index contributed by atoms with van der Waals surface area (Å²) in [6.07, 6.45) is 0. The summed E-state index contributed by atoms with van der Waals surface area (Å²) in [6.45, 7) is 0. The van der Waals surface area contributed by atoms with Crippen molar-refractivity contribution in [3.63, 3.8) is 0 Å². The van der Waals surface area contributed by atoms with Gasteiger partial charge in [-0.3, -0.25) is 0 Å². The Kier molecular flexibility index (Phi) is 3.81. The molecule has 0 N–H and O–H groups in total. The molecule has 0 saturated heterocycles.